The molecule has 3 heteroatoms. The van der Waals surface area contributed by atoms with Crippen molar-refractivity contribution in [1.82, 2.24) is 9.97 Å². The van der Waals surface area contributed by atoms with Gasteiger partial charge in [-0.3, -0.25) is 0 Å². The van der Waals surface area contributed by atoms with E-state index in [4.69, 9.17) is 4.74 Å². The number of allylic oxidation sites excluding steroid dienone is 1. The lowest BCUT2D eigenvalue weighted by molar-refractivity contribution is 0.363. The van der Waals surface area contributed by atoms with Crippen LogP contribution in [0.2, 0.25) is 0 Å². The van der Waals surface area contributed by atoms with Crippen LogP contribution < -0.4 is 4.74 Å². The van der Waals surface area contributed by atoms with Crippen molar-refractivity contribution in [3.63, 3.8) is 0 Å². The summed E-state index contributed by atoms with van der Waals surface area (Å²) in [5.74, 6) is 0.787. The minimum absolute atomic E-state index is 0.495. The fraction of sp³-hybridized carbons (Fsp3) is 0.200. The van der Waals surface area contributed by atoms with Crippen LogP contribution in [0.4, 0.5) is 0 Å². The average Bonchev–Trinajstić information content (AvgIpc) is 2.37. The summed E-state index contributed by atoms with van der Waals surface area (Å²) in [6, 6.07) is 5.72. The van der Waals surface area contributed by atoms with Crippen LogP contribution in [-0.4, -0.2) is 16.6 Å². The lowest BCUT2D eigenvalue weighted by Gasteiger charge is -2.06. The third-order valence-electron chi connectivity index (χ3n) is 2.54. The van der Waals surface area contributed by atoms with E-state index >= 15 is 0 Å². The van der Waals surface area contributed by atoms with Crippen molar-refractivity contribution in [2.75, 3.05) is 6.61 Å². The molecule has 2 aromatic rings. The molecule has 0 amide bonds. The molecule has 0 aliphatic rings. The molecule has 0 aliphatic carbocycles. The molecule has 3 nitrogen and oxygen atoms in total. The highest BCUT2D eigenvalue weighted by atomic mass is 16.5. The van der Waals surface area contributed by atoms with Gasteiger partial charge in [0, 0.05) is 6.07 Å². The first kappa shape index (κ1) is 12.3. The quantitative estimate of drug-likeness (QED) is 0.767. The largest absolute Gasteiger partial charge is 0.489 e. The predicted molar refractivity (Wildman–Crippen MR) is 74.7 cm³/mol. The second kappa shape index (κ2) is 5.45. The van der Waals surface area contributed by atoms with Crippen molar-refractivity contribution < 1.29 is 4.74 Å². The summed E-state index contributed by atoms with van der Waals surface area (Å²) in [5.41, 5.74) is 3.55. The van der Waals surface area contributed by atoms with E-state index in [1.165, 1.54) is 0 Å². The van der Waals surface area contributed by atoms with Crippen molar-refractivity contribution in [3.05, 3.63) is 48.3 Å². The Bertz CT molecular complexity index is 603. The number of rotatable bonds is 4. The smallest absolute Gasteiger partial charge is 0.122 e. The molecule has 1 heterocycles. The zero-order chi connectivity index (χ0) is 13.0. The fourth-order valence-corrected chi connectivity index (χ4v) is 1.70. The van der Waals surface area contributed by atoms with E-state index in [2.05, 4.69) is 16.5 Å². The molecule has 0 N–H and O–H groups in total. The summed E-state index contributed by atoms with van der Waals surface area (Å²) in [5, 5.41) is 0. The van der Waals surface area contributed by atoms with E-state index in [9.17, 15) is 0 Å². The third-order valence-corrected chi connectivity index (χ3v) is 2.54. The maximum atomic E-state index is 5.48. The zero-order valence-electron chi connectivity index (χ0n) is 10.7. The number of hydrogen-bond donors (Lipinski definition) is 0. The first-order valence-electron chi connectivity index (χ1n) is 5.89. The Morgan fingerprint density at radius 3 is 2.83 bits per heavy atom. The number of benzene rings is 1. The summed E-state index contributed by atoms with van der Waals surface area (Å²) in [4.78, 5) is 9.10. The van der Waals surface area contributed by atoms with Gasteiger partial charge in [0.05, 0.1) is 22.4 Å². The van der Waals surface area contributed by atoms with Gasteiger partial charge in [0.1, 0.15) is 12.4 Å². The Morgan fingerprint density at radius 2 is 2.11 bits per heavy atom. The van der Waals surface area contributed by atoms with Gasteiger partial charge in [-0.1, -0.05) is 18.7 Å². The summed E-state index contributed by atoms with van der Waals surface area (Å²) >= 11 is 0. The highest BCUT2D eigenvalue weighted by Crippen LogP contribution is 2.20. The van der Waals surface area contributed by atoms with Gasteiger partial charge < -0.3 is 4.74 Å². The molecule has 1 aromatic heterocycles. The topological polar surface area (TPSA) is 35.0 Å². The van der Waals surface area contributed by atoms with Crippen LogP contribution in [0, 0.1) is 6.92 Å². The number of aryl methyl sites for hydroxylation is 1. The highest BCUT2D eigenvalue weighted by molar-refractivity contribution is 5.77. The minimum atomic E-state index is 0.495. The summed E-state index contributed by atoms with van der Waals surface area (Å²) in [6.45, 7) is 8.05. The summed E-state index contributed by atoms with van der Waals surface area (Å²) < 4.78 is 5.48. The first-order chi connectivity index (χ1) is 8.74. The first-order valence-corrected chi connectivity index (χ1v) is 5.89. The van der Waals surface area contributed by atoms with Crippen molar-refractivity contribution >= 4 is 17.1 Å². The van der Waals surface area contributed by atoms with Gasteiger partial charge in [0.25, 0.3) is 0 Å². The van der Waals surface area contributed by atoms with E-state index in [1.54, 1.807) is 6.08 Å². The molecule has 0 fully saturated rings. The van der Waals surface area contributed by atoms with Gasteiger partial charge in [-0.25, -0.2) is 9.97 Å². The van der Waals surface area contributed by atoms with E-state index in [0.717, 1.165) is 28.2 Å². The van der Waals surface area contributed by atoms with Crippen molar-refractivity contribution in [1.29, 1.82) is 0 Å². The monoisotopic (exact) mass is 240 g/mol. The van der Waals surface area contributed by atoms with E-state index in [1.807, 2.05) is 44.2 Å². The molecule has 0 spiro atoms. The van der Waals surface area contributed by atoms with Crippen LogP contribution in [0.3, 0.4) is 0 Å². The molecule has 0 bridgehead atoms. The molecule has 1 aromatic carbocycles. The number of hydrogen-bond acceptors (Lipinski definition) is 3. The van der Waals surface area contributed by atoms with Gasteiger partial charge in [-0.2, -0.15) is 0 Å². The molecule has 0 atom stereocenters. The van der Waals surface area contributed by atoms with E-state index < -0.39 is 0 Å². The zero-order valence-corrected chi connectivity index (χ0v) is 10.7. The van der Waals surface area contributed by atoms with E-state index in [-0.39, 0.29) is 0 Å². The van der Waals surface area contributed by atoms with Crippen LogP contribution in [0.5, 0.6) is 5.75 Å². The van der Waals surface area contributed by atoms with Gasteiger partial charge in [0.2, 0.25) is 0 Å². The molecule has 18 heavy (non-hydrogen) atoms. The molecule has 92 valence electrons. The van der Waals surface area contributed by atoms with Crippen molar-refractivity contribution in [2.24, 2.45) is 0 Å². The normalized spacial score (nSPS) is 11.0. The van der Waals surface area contributed by atoms with Gasteiger partial charge in [0.15, 0.2) is 0 Å². The van der Waals surface area contributed by atoms with Gasteiger partial charge in [-0.15, -0.1) is 0 Å². The maximum absolute atomic E-state index is 5.48. The highest BCUT2D eigenvalue weighted by Gasteiger charge is 2.04. The van der Waals surface area contributed by atoms with Crippen LogP contribution >= 0.6 is 0 Å². The average molecular weight is 240 g/mol. The third kappa shape index (κ3) is 2.56. The summed E-state index contributed by atoms with van der Waals surface area (Å²) in [6.07, 6.45) is 5.64. The van der Waals surface area contributed by atoms with Crippen LogP contribution in [0.25, 0.3) is 17.1 Å². The fourth-order valence-electron chi connectivity index (χ4n) is 1.70. The Kier molecular flexibility index (Phi) is 3.72. The van der Waals surface area contributed by atoms with Crippen LogP contribution in [0.15, 0.2) is 36.9 Å². The second-order valence-corrected chi connectivity index (χ2v) is 3.94. The molecule has 0 aliphatic heterocycles. The Hall–Kier alpha value is -2.16. The molecule has 0 unspecified atom stereocenters. The molecule has 0 saturated heterocycles. The van der Waals surface area contributed by atoms with E-state index in [0.29, 0.717) is 6.61 Å². The summed E-state index contributed by atoms with van der Waals surface area (Å²) in [7, 11) is 0. The lowest BCUT2D eigenvalue weighted by atomic mass is 10.2. The number of ether oxygens (including phenoxy) is 1. The standard InChI is InChI=1S/C15H16N2O/c1-4-6-13-11(3)16-15-10-12(18-9-5-2)7-8-14(15)17-13/h4-8,10H,2,9H2,1,3H3. The Morgan fingerprint density at radius 1 is 1.28 bits per heavy atom. The SMILES string of the molecule is C=CCOc1ccc2nc(C=CC)c(C)nc2c1. The molecule has 2 rings (SSSR count). The number of fused-ring (bicyclic) bond motifs is 1. The minimum Gasteiger partial charge on any atom is -0.489 e. The number of nitrogens with zero attached hydrogens (tertiary/aromatic N) is 2. The molecule has 0 saturated carbocycles. The van der Waals surface area contributed by atoms with Crippen molar-refractivity contribution in [3.8, 4) is 5.75 Å². The van der Waals surface area contributed by atoms with Crippen LogP contribution in [-0.2, 0) is 0 Å². The van der Waals surface area contributed by atoms with Crippen LogP contribution in [0.1, 0.15) is 18.3 Å². The molecular formula is C15H16N2O. The molecule has 0 radical (unpaired) electrons. The van der Waals surface area contributed by atoms with Gasteiger partial charge >= 0.3 is 0 Å². The second-order valence-electron chi connectivity index (χ2n) is 3.94. The van der Waals surface area contributed by atoms with Crippen molar-refractivity contribution in [2.45, 2.75) is 13.8 Å². The Labute approximate surface area is 107 Å². The Balaban J connectivity index is 2.45. The molecular weight excluding hydrogens is 224 g/mol. The maximum Gasteiger partial charge on any atom is 0.122 e. The lowest BCUT2D eigenvalue weighted by Crippen LogP contribution is -1.96. The number of aromatic nitrogens is 2. The predicted octanol–water partition coefficient (Wildman–Crippen LogP) is 3.54. The van der Waals surface area contributed by atoms with Gasteiger partial charge in [-0.05, 0) is 32.1 Å².